The zero-order chi connectivity index (χ0) is 34.1. The van der Waals surface area contributed by atoms with Crippen molar-refractivity contribution in [2.75, 3.05) is 32.7 Å². The fourth-order valence-corrected chi connectivity index (χ4v) is 8.71. The van der Waals surface area contributed by atoms with Gasteiger partial charge in [-0.15, -0.1) is 0 Å². The van der Waals surface area contributed by atoms with E-state index >= 15 is 0 Å². The average Bonchev–Trinajstić information content (AvgIpc) is 3.02. The Hall–Kier alpha value is -3.08. The summed E-state index contributed by atoms with van der Waals surface area (Å²) in [5, 5.41) is 9.57. The maximum atomic E-state index is 13.5. The zero-order valence-electron chi connectivity index (χ0n) is 29.3. The van der Waals surface area contributed by atoms with E-state index in [-0.39, 0.29) is 34.7 Å². The summed E-state index contributed by atoms with van der Waals surface area (Å²) in [6, 6.07) is 15.6. The Morgan fingerprint density at radius 1 is 0.936 bits per heavy atom. The number of ketones is 1. The number of amides is 1. The van der Waals surface area contributed by atoms with Crippen LogP contribution in [0.1, 0.15) is 108 Å². The Balaban J connectivity index is 1.08. The van der Waals surface area contributed by atoms with Gasteiger partial charge in [-0.1, -0.05) is 63.6 Å². The number of ether oxygens (including phenoxy) is 2. The number of hydrogen-bond donors (Lipinski definition) is 0. The highest BCUT2D eigenvalue weighted by atomic mass is 35.5. The number of piperidine rings is 2. The van der Waals surface area contributed by atoms with Gasteiger partial charge in [0.2, 0.25) is 0 Å². The molecule has 2 aliphatic heterocycles. The van der Waals surface area contributed by atoms with Crippen LogP contribution in [0.25, 0.3) is 0 Å². The highest BCUT2D eigenvalue weighted by Gasteiger charge is 2.63. The van der Waals surface area contributed by atoms with Crippen molar-refractivity contribution in [1.29, 1.82) is 5.26 Å². The molecule has 254 valence electrons. The van der Waals surface area contributed by atoms with E-state index in [0.29, 0.717) is 34.6 Å². The fraction of sp³-hybridized carbons (Fsp3) is 0.615. The number of halogens is 1. The van der Waals surface area contributed by atoms with Crippen molar-refractivity contribution in [3.63, 3.8) is 0 Å². The van der Waals surface area contributed by atoms with Gasteiger partial charge in [-0.25, -0.2) is 4.79 Å². The minimum atomic E-state index is -0.454. The lowest BCUT2D eigenvalue weighted by atomic mass is 9.44. The lowest BCUT2D eigenvalue weighted by molar-refractivity contribution is -0.196. The summed E-state index contributed by atoms with van der Waals surface area (Å²) in [5.74, 6) is 2.12. The normalized spacial score (nSPS) is 23.4. The van der Waals surface area contributed by atoms with Gasteiger partial charge in [-0.2, -0.15) is 5.26 Å². The number of carbonyl (C=O) groups excluding carboxylic acids is 2. The second kappa shape index (κ2) is 13.8. The molecule has 3 fully saturated rings. The Bertz CT molecular complexity index is 1460. The van der Waals surface area contributed by atoms with Crippen molar-refractivity contribution in [1.82, 2.24) is 9.80 Å². The van der Waals surface area contributed by atoms with E-state index in [1.54, 1.807) is 18.2 Å². The van der Waals surface area contributed by atoms with Crippen LogP contribution in [0.5, 0.6) is 5.75 Å². The molecular weight excluding hydrogens is 610 g/mol. The molecule has 5 rings (SSSR count). The van der Waals surface area contributed by atoms with Gasteiger partial charge in [0.1, 0.15) is 23.5 Å². The molecule has 2 aromatic carbocycles. The summed E-state index contributed by atoms with van der Waals surface area (Å²) in [6.07, 6.45) is 4.51. The summed E-state index contributed by atoms with van der Waals surface area (Å²) < 4.78 is 12.0. The van der Waals surface area contributed by atoms with Crippen LogP contribution in [0.3, 0.4) is 0 Å². The number of nitriles is 1. The minimum Gasteiger partial charge on any atom is -0.489 e. The first-order chi connectivity index (χ1) is 22.1. The molecule has 3 aliphatic rings. The largest absolute Gasteiger partial charge is 0.489 e. The second-order valence-electron chi connectivity index (χ2n) is 16.2. The van der Waals surface area contributed by atoms with Crippen LogP contribution in [0, 0.1) is 34.0 Å². The first kappa shape index (κ1) is 35.2. The molecule has 0 N–H and O–H groups in total. The van der Waals surface area contributed by atoms with Crippen LogP contribution in [0.4, 0.5) is 4.79 Å². The number of nitrogens with zero attached hydrogens (tertiary/aromatic N) is 3. The quantitative estimate of drug-likeness (QED) is 0.263. The number of hydrogen-bond acceptors (Lipinski definition) is 6. The van der Waals surface area contributed by atoms with Crippen molar-refractivity contribution in [3.8, 4) is 11.8 Å². The van der Waals surface area contributed by atoms with E-state index in [1.165, 1.54) is 5.56 Å². The van der Waals surface area contributed by atoms with Crippen LogP contribution in [-0.4, -0.2) is 66.1 Å². The SMILES string of the molecule is CC(C)(C)OC(=O)N1CCC(CN2CCC(c3ccc(C(=O)CC4C(C)(C)C(Oc5ccc(C#N)c(Cl)c5)C4(C)C)cc3)CC2)CC1. The van der Waals surface area contributed by atoms with Gasteiger partial charge in [0.25, 0.3) is 0 Å². The summed E-state index contributed by atoms with van der Waals surface area (Å²) >= 11 is 6.25. The van der Waals surface area contributed by atoms with E-state index in [9.17, 15) is 14.9 Å². The summed E-state index contributed by atoms with van der Waals surface area (Å²) in [6.45, 7) is 19.3. The Morgan fingerprint density at radius 3 is 2.11 bits per heavy atom. The molecule has 47 heavy (non-hydrogen) atoms. The topological polar surface area (TPSA) is 82.9 Å². The number of Topliss-reactive ketones (excluding diaryl/α,β-unsaturated/α-hetero) is 1. The van der Waals surface area contributed by atoms with Gasteiger partial charge in [-0.3, -0.25) is 4.79 Å². The number of rotatable bonds is 8. The molecule has 1 amide bonds. The highest BCUT2D eigenvalue weighted by Crippen LogP contribution is 2.61. The van der Waals surface area contributed by atoms with Crippen molar-refractivity contribution >= 4 is 23.5 Å². The van der Waals surface area contributed by atoms with Gasteiger partial charge in [0.05, 0.1) is 10.6 Å². The molecule has 2 aromatic rings. The lowest BCUT2D eigenvalue weighted by Gasteiger charge is -2.63. The monoisotopic (exact) mass is 661 g/mol. The maximum absolute atomic E-state index is 13.5. The van der Waals surface area contributed by atoms with Crippen LogP contribution >= 0.6 is 11.6 Å². The molecule has 0 atom stereocenters. The van der Waals surface area contributed by atoms with Crippen molar-refractivity contribution in [2.24, 2.45) is 22.7 Å². The number of carbonyl (C=O) groups is 2. The molecule has 0 unspecified atom stereocenters. The average molecular weight is 662 g/mol. The van der Waals surface area contributed by atoms with E-state index in [0.717, 1.165) is 64.0 Å². The third kappa shape index (κ3) is 7.98. The molecule has 2 saturated heterocycles. The zero-order valence-corrected chi connectivity index (χ0v) is 30.0. The number of likely N-dealkylation sites (tertiary alicyclic amines) is 2. The molecule has 0 spiro atoms. The molecule has 7 nitrogen and oxygen atoms in total. The molecule has 1 saturated carbocycles. The molecule has 0 aromatic heterocycles. The van der Waals surface area contributed by atoms with Crippen LogP contribution < -0.4 is 4.74 Å². The smallest absolute Gasteiger partial charge is 0.410 e. The standard InChI is InChI=1S/C39H52ClN3O4/c1-37(2,3)47-36(45)43-20-14-26(15-21-43)25-42-18-16-28(17-19-42)27-8-10-29(11-9-27)33(44)23-34-38(4,5)35(39(34,6)7)46-31-13-12-30(24-41)32(40)22-31/h8-13,22,26,28,34-35H,14-21,23,25H2,1-7H3. The molecule has 2 heterocycles. The Morgan fingerprint density at radius 2 is 1.55 bits per heavy atom. The first-order valence-electron chi connectivity index (χ1n) is 17.3. The second-order valence-corrected chi connectivity index (χ2v) is 16.6. The van der Waals surface area contributed by atoms with Gasteiger partial charge < -0.3 is 19.3 Å². The maximum Gasteiger partial charge on any atom is 0.410 e. The van der Waals surface area contributed by atoms with Gasteiger partial charge >= 0.3 is 6.09 Å². The number of benzene rings is 2. The Labute approximate surface area is 286 Å². The van der Waals surface area contributed by atoms with Crippen LogP contribution in [0.15, 0.2) is 42.5 Å². The summed E-state index contributed by atoms with van der Waals surface area (Å²) in [4.78, 5) is 30.4. The minimum absolute atomic E-state index is 0.0879. The summed E-state index contributed by atoms with van der Waals surface area (Å²) in [7, 11) is 0. The van der Waals surface area contributed by atoms with Crippen LogP contribution in [-0.2, 0) is 4.74 Å². The third-order valence-electron chi connectivity index (χ3n) is 10.9. The van der Waals surface area contributed by atoms with Crippen LogP contribution in [0.2, 0.25) is 5.02 Å². The third-order valence-corrected chi connectivity index (χ3v) is 11.2. The summed E-state index contributed by atoms with van der Waals surface area (Å²) in [5.41, 5.74) is 1.66. The fourth-order valence-electron chi connectivity index (χ4n) is 8.50. The van der Waals surface area contributed by atoms with Gasteiger partial charge in [0.15, 0.2) is 5.78 Å². The van der Waals surface area contributed by atoms with E-state index < -0.39 is 5.60 Å². The molecular formula is C39H52ClN3O4. The highest BCUT2D eigenvalue weighted by molar-refractivity contribution is 6.31. The van der Waals surface area contributed by atoms with E-state index in [4.69, 9.17) is 21.1 Å². The molecule has 0 radical (unpaired) electrons. The van der Waals surface area contributed by atoms with Crippen molar-refractivity contribution < 1.29 is 19.1 Å². The first-order valence-corrected chi connectivity index (χ1v) is 17.7. The van der Waals surface area contributed by atoms with Gasteiger partial charge in [-0.05, 0) is 95.0 Å². The molecule has 0 bridgehead atoms. The molecule has 8 heteroatoms. The van der Waals surface area contributed by atoms with E-state index in [1.807, 2.05) is 37.8 Å². The predicted octanol–water partition coefficient (Wildman–Crippen LogP) is 8.74. The molecule has 1 aliphatic carbocycles. The lowest BCUT2D eigenvalue weighted by Crippen LogP contribution is -2.66. The van der Waals surface area contributed by atoms with E-state index in [2.05, 4.69) is 50.8 Å². The van der Waals surface area contributed by atoms with Crippen molar-refractivity contribution in [3.05, 3.63) is 64.2 Å². The van der Waals surface area contributed by atoms with Gasteiger partial charge in [0, 0.05) is 48.5 Å². The predicted molar refractivity (Wildman–Crippen MR) is 186 cm³/mol. The Kier molecular flexibility index (Phi) is 10.3. The van der Waals surface area contributed by atoms with Crippen molar-refractivity contribution in [2.45, 2.75) is 98.2 Å².